The third-order valence-electron chi connectivity index (χ3n) is 13.8. The van der Waals surface area contributed by atoms with Gasteiger partial charge in [0.05, 0.1) is 0 Å². The lowest BCUT2D eigenvalue weighted by Crippen LogP contribution is -2.30. The maximum absolute atomic E-state index is 12.9. The number of carbonyl (C=O) groups excluding carboxylic acids is 3. The van der Waals surface area contributed by atoms with Crippen molar-refractivity contribution in [2.75, 3.05) is 13.2 Å². The van der Waals surface area contributed by atoms with E-state index in [1.807, 2.05) is 0 Å². The van der Waals surface area contributed by atoms with Crippen molar-refractivity contribution in [3.05, 3.63) is 0 Å². The van der Waals surface area contributed by atoms with Gasteiger partial charge in [-0.05, 0) is 25.2 Å². The minimum Gasteiger partial charge on any atom is -0.462 e. The van der Waals surface area contributed by atoms with Crippen molar-refractivity contribution < 1.29 is 28.6 Å². The van der Waals surface area contributed by atoms with E-state index >= 15 is 0 Å². The molecule has 6 heteroatoms. The number of rotatable bonds is 55. The number of esters is 3. The molecule has 0 N–H and O–H groups in total. The number of ether oxygens (including phenoxy) is 3. The molecule has 0 aromatic carbocycles. The van der Waals surface area contributed by atoms with Gasteiger partial charge < -0.3 is 14.2 Å². The summed E-state index contributed by atoms with van der Waals surface area (Å²) in [5, 5.41) is 0. The molecular weight excluding hydrogens is 817 g/mol. The van der Waals surface area contributed by atoms with E-state index in [1.54, 1.807) is 0 Å². The molecule has 0 aliphatic carbocycles. The Morgan fingerprint density at radius 1 is 0.288 bits per heavy atom. The van der Waals surface area contributed by atoms with E-state index in [2.05, 4.69) is 27.7 Å². The highest BCUT2D eigenvalue weighted by Crippen LogP contribution is 2.18. The molecule has 66 heavy (non-hydrogen) atoms. The summed E-state index contributed by atoms with van der Waals surface area (Å²) >= 11 is 0. The summed E-state index contributed by atoms with van der Waals surface area (Å²) in [6, 6.07) is 0. The average molecular weight is 934 g/mol. The smallest absolute Gasteiger partial charge is 0.306 e. The number of hydrogen-bond acceptors (Lipinski definition) is 6. The molecule has 0 spiro atoms. The zero-order valence-electron chi connectivity index (χ0n) is 45.2. The predicted octanol–water partition coefficient (Wildman–Crippen LogP) is 19.8. The topological polar surface area (TPSA) is 78.9 Å². The molecule has 0 aliphatic rings. The van der Waals surface area contributed by atoms with Crippen LogP contribution in [0.3, 0.4) is 0 Å². The molecule has 0 unspecified atom stereocenters. The highest BCUT2D eigenvalue weighted by atomic mass is 16.6. The molecule has 0 heterocycles. The molecule has 0 aliphatic heterocycles. The van der Waals surface area contributed by atoms with Gasteiger partial charge in [0.15, 0.2) is 6.10 Å². The van der Waals surface area contributed by atoms with Crippen LogP contribution < -0.4 is 0 Å². The molecule has 392 valence electrons. The van der Waals surface area contributed by atoms with E-state index in [0.29, 0.717) is 19.3 Å². The number of carbonyl (C=O) groups is 3. The fraction of sp³-hybridized carbons (Fsp3) is 0.950. The van der Waals surface area contributed by atoms with Gasteiger partial charge in [0.1, 0.15) is 13.2 Å². The second-order valence-electron chi connectivity index (χ2n) is 21.1. The van der Waals surface area contributed by atoms with Crippen molar-refractivity contribution in [3.8, 4) is 0 Å². The van der Waals surface area contributed by atoms with Gasteiger partial charge in [0.25, 0.3) is 0 Å². The summed E-state index contributed by atoms with van der Waals surface area (Å²) in [4.78, 5) is 38.2. The Hall–Kier alpha value is -1.59. The maximum Gasteiger partial charge on any atom is 0.306 e. The first kappa shape index (κ1) is 64.4. The van der Waals surface area contributed by atoms with Gasteiger partial charge in [-0.2, -0.15) is 0 Å². The zero-order valence-corrected chi connectivity index (χ0v) is 45.2. The molecule has 0 radical (unpaired) electrons. The van der Waals surface area contributed by atoms with Crippen LogP contribution in [0.2, 0.25) is 0 Å². The standard InChI is InChI=1S/C60H116O6/c1-5-7-9-11-13-15-17-19-21-22-23-24-26-28-32-37-41-45-49-53-60(63)66-57(55-65-59(62)52-48-44-40-36-33-29-30-34-38-42-46-50-56(3)4)54-64-58(61)51-47-43-39-35-31-27-25-20-18-16-14-12-10-8-6-2/h56-57H,5-55H2,1-4H3/t57-/m1/s1. The summed E-state index contributed by atoms with van der Waals surface area (Å²) in [7, 11) is 0. The summed E-state index contributed by atoms with van der Waals surface area (Å²) < 4.78 is 16.9. The Kier molecular flexibility index (Phi) is 53.0. The van der Waals surface area contributed by atoms with Gasteiger partial charge in [-0.15, -0.1) is 0 Å². The van der Waals surface area contributed by atoms with Crippen LogP contribution in [0.5, 0.6) is 0 Å². The third kappa shape index (κ3) is 53.4. The van der Waals surface area contributed by atoms with Crippen LogP contribution >= 0.6 is 0 Å². The molecule has 0 saturated heterocycles. The van der Waals surface area contributed by atoms with Crippen molar-refractivity contribution in [1.29, 1.82) is 0 Å². The minimum atomic E-state index is -0.762. The van der Waals surface area contributed by atoms with Crippen molar-refractivity contribution in [3.63, 3.8) is 0 Å². The Morgan fingerprint density at radius 3 is 0.742 bits per heavy atom. The molecule has 0 amide bonds. The monoisotopic (exact) mass is 933 g/mol. The Morgan fingerprint density at radius 2 is 0.500 bits per heavy atom. The number of unbranched alkanes of at least 4 members (excludes halogenated alkanes) is 42. The van der Waals surface area contributed by atoms with Crippen molar-refractivity contribution in [2.24, 2.45) is 5.92 Å². The predicted molar refractivity (Wildman–Crippen MR) is 284 cm³/mol. The summed E-state index contributed by atoms with van der Waals surface area (Å²) in [6.07, 6.45) is 59.5. The SMILES string of the molecule is CCCCCCCCCCCCCCCCCCCCCC(=O)O[C@H](COC(=O)CCCCCCCCCCCCCCCCC)COC(=O)CCCCCCCCCCCCCC(C)C. The lowest BCUT2D eigenvalue weighted by molar-refractivity contribution is -0.167. The quantitative estimate of drug-likeness (QED) is 0.0343. The van der Waals surface area contributed by atoms with Crippen LogP contribution in [0.1, 0.15) is 342 Å². The second kappa shape index (κ2) is 54.4. The van der Waals surface area contributed by atoms with Crippen LogP contribution in [0.15, 0.2) is 0 Å². The normalized spacial score (nSPS) is 12.0. The molecule has 1 atom stereocenters. The highest BCUT2D eigenvalue weighted by Gasteiger charge is 2.19. The van der Waals surface area contributed by atoms with E-state index in [0.717, 1.165) is 63.7 Å². The Balaban J connectivity index is 4.28. The van der Waals surface area contributed by atoms with Crippen LogP contribution in [-0.2, 0) is 28.6 Å². The molecular formula is C60H116O6. The van der Waals surface area contributed by atoms with E-state index < -0.39 is 6.10 Å². The van der Waals surface area contributed by atoms with Crippen molar-refractivity contribution >= 4 is 17.9 Å². The van der Waals surface area contributed by atoms with E-state index in [9.17, 15) is 14.4 Å². The number of hydrogen-bond donors (Lipinski definition) is 0. The molecule has 0 fully saturated rings. The zero-order chi connectivity index (χ0) is 48.1. The average Bonchev–Trinajstić information content (AvgIpc) is 3.30. The van der Waals surface area contributed by atoms with Gasteiger partial charge in [-0.3, -0.25) is 14.4 Å². The maximum atomic E-state index is 12.9. The summed E-state index contributed by atoms with van der Waals surface area (Å²) in [5.41, 5.74) is 0. The molecule has 0 rings (SSSR count). The molecule has 6 nitrogen and oxygen atoms in total. The van der Waals surface area contributed by atoms with Crippen LogP contribution in [-0.4, -0.2) is 37.2 Å². The van der Waals surface area contributed by atoms with Crippen molar-refractivity contribution in [1.82, 2.24) is 0 Å². The third-order valence-corrected chi connectivity index (χ3v) is 13.8. The highest BCUT2D eigenvalue weighted by molar-refractivity contribution is 5.71. The van der Waals surface area contributed by atoms with Crippen LogP contribution in [0.4, 0.5) is 0 Å². The Labute approximate surface area is 412 Å². The molecule has 0 aromatic heterocycles. The first-order chi connectivity index (χ1) is 32.4. The molecule has 0 saturated carbocycles. The Bertz CT molecular complexity index is 996. The van der Waals surface area contributed by atoms with Gasteiger partial charge in [-0.1, -0.05) is 304 Å². The fourth-order valence-corrected chi connectivity index (χ4v) is 9.28. The van der Waals surface area contributed by atoms with E-state index in [1.165, 1.54) is 238 Å². The van der Waals surface area contributed by atoms with Gasteiger partial charge in [-0.25, -0.2) is 0 Å². The minimum absolute atomic E-state index is 0.0618. The fourth-order valence-electron chi connectivity index (χ4n) is 9.28. The summed E-state index contributed by atoms with van der Waals surface area (Å²) in [5.74, 6) is -0.00674. The molecule has 0 aromatic rings. The van der Waals surface area contributed by atoms with Crippen LogP contribution in [0.25, 0.3) is 0 Å². The van der Waals surface area contributed by atoms with Crippen molar-refractivity contribution in [2.45, 2.75) is 348 Å². The second-order valence-corrected chi connectivity index (χ2v) is 21.1. The summed E-state index contributed by atoms with van der Waals surface area (Å²) in [6.45, 7) is 9.06. The largest absolute Gasteiger partial charge is 0.462 e. The van der Waals surface area contributed by atoms with Gasteiger partial charge >= 0.3 is 17.9 Å². The van der Waals surface area contributed by atoms with E-state index in [4.69, 9.17) is 14.2 Å². The first-order valence-electron chi connectivity index (χ1n) is 29.9. The van der Waals surface area contributed by atoms with Gasteiger partial charge in [0, 0.05) is 19.3 Å². The lowest BCUT2D eigenvalue weighted by Gasteiger charge is -2.18. The van der Waals surface area contributed by atoms with Crippen LogP contribution in [0, 0.1) is 5.92 Å². The van der Waals surface area contributed by atoms with Gasteiger partial charge in [0.2, 0.25) is 0 Å². The molecule has 0 bridgehead atoms. The first-order valence-corrected chi connectivity index (χ1v) is 29.9. The van der Waals surface area contributed by atoms with E-state index in [-0.39, 0.29) is 31.1 Å². The lowest BCUT2D eigenvalue weighted by atomic mass is 10.0.